The molecule has 9 heteroatoms. The molecule has 0 saturated heterocycles. The van der Waals surface area contributed by atoms with Gasteiger partial charge in [0.15, 0.2) is 5.82 Å². The lowest BCUT2D eigenvalue weighted by atomic mass is 10.1. The number of nitrogen functional groups attached to an aromatic ring is 1. The van der Waals surface area contributed by atoms with E-state index >= 15 is 0 Å². The highest BCUT2D eigenvalue weighted by Gasteiger charge is 2.14. The summed E-state index contributed by atoms with van der Waals surface area (Å²) in [6.45, 7) is 4.08. The molecule has 0 radical (unpaired) electrons. The predicted octanol–water partition coefficient (Wildman–Crippen LogP) is 1.70. The number of nitrogens with zero attached hydrogens (tertiary/aromatic N) is 6. The van der Waals surface area contributed by atoms with Crippen LogP contribution in [0.25, 0.3) is 46.3 Å². The summed E-state index contributed by atoms with van der Waals surface area (Å²) in [5.74, 6) is 0.599. The van der Waals surface area contributed by atoms with Crippen molar-refractivity contribution in [2.45, 2.75) is 0 Å². The van der Waals surface area contributed by atoms with Gasteiger partial charge in [-0.15, -0.1) is 0 Å². The minimum atomic E-state index is 0.563. The summed E-state index contributed by atoms with van der Waals surface area (Å²) in [6, 6.07) is 5.68. The van der Waals surface area contributed by atoms with E-state index < -0.39 is 0 Å². The van der Waals surface area contributed by atoms with Crippen LogP contribution >= 0.6 is 0 Å². The number of hydrogen-bond acceptors (Lipinski definition) is 7. The summed E-state index contributed by atoms with van der Waals surface area (Å²) < 4.78 is 0. The first-order valence-corrected chi connectivity index (χ1v) is 9.81. The predicted molar refractivity (Wildman–Crippen MR) is 125 cm³/mol. The van der Waals surface area contributed by atoms with Gasteiger partial charge in [-0.3, -0.25) is 25.0 Å². The van der Waals surface area contributed by atoms with Crippen LogP contribution in [0.1, 0.15) is 5.56 Å². The van der Waals surface area contributed by atoms with E-state index in [4.69, 9.17) is 10.7 Å². The van der Waals surface area contributed by atoms with E-state index in [9.17, 15) is 0 Å². The van der Waals surface area contributed by atoms with Crippen LogP contribution in [0.15, 0.2) is 60.4 Å². The first-order valence-electron chi connectivity index (χ1n) is 9.81. The Kier molecular flexibility index (Phi) is 4.75. The van der Waals surface area contributed by atoms with Crippen LogP contribution in [0.2, 0.25) is 0 Å². The summed E-state index contributed by atoms with van der Waals surface area (Å²) >= 11 is 0. The molecular formula is C23H19N9. The number of aromatic nitrogens is 7. The number of H-pyrrole nitrogens is 2. The molecule has 0 amide bonds. The van der Waals surface area contributed by atoms with E-state index in [2.05, 4.69) is 41.7 Å². The molecule has 0 aromatic carbocycles. The van der Waals surface area contributed by atoms with Gasteiger partial charge in [-0.2, -0.15) is 5.10 Å². The van der Waals surface area contributed by atoms with Crippen molar-refractivity contribution in [1.82, 2.24) is 35.1 Å². The second kappa shape index (κ2) is 7.88. The van der Waals surface area contributed by atoms with Crippen molar-refractivity contribution in [1.29, 1.82) is 0 Å². The molecule has 4 N–H and O–H groups in total. The summed E-state index contributed by atoms with van der Waals surface area (Å²) in [7, 11) is 1.71. The zero-order valence-corrected chi connectivity index (χ0v) is 17.2. The zero-order valence-electron chi connectivity index (χ0n) is 17.2. The van der Waals surface area contributed by atoms with Crippen molar-refractivity contribution in [2.75, 3.05) is 12.8 Å². The molecule has 0 bridgehead atoms. The smallest absolute Gasteiger partial charge is 0.159 e. The zero-order chi connectivity index (χ0) is 22.1. The van der Waals surface area contributed by atoms with E-state index in [-0.39, 0.29) is 0 Å². The molecule has 0 unspecified atom stereocenters. The normalized spacial score (nSPS) is 12.5. The van der Waals surface area contributed by atoms with Crippen LogP contribution < -0.4 is 16.3 Å². The van der Waals surface area contributed by atoms with Gasteiger partial charge in [-0.1, -0.05) is 6.58 Å². The number of nitrogens with two attached hydrogens (primary N) is 1. The minimum absolute atomic E-state index is 0.563. The standard InChI is InChI=1S/C23H19N9/c1-13-17(8-19(25-2)15-7-16(24)10-27-9-15)22(32-31-13)23-29-20-12-28-11-18(21(20)30-23)14-3-5-26-6-4-14/h3-12,31H,1,24H2,2H3,(H,29,30)/b17-8+,25-19+. The fourth-order valence-corrected chi connectivity index (χ4v) is 3.52. The molecule has 0 aliphatic carbocycles. The van der Waals surface area contributed by atoms with Gasteiger partial charge in [-0.05, 0) is 29.8 Å². The Hall–Kier alpha value is -4.66. The average Bonchev–Trinajstić information content (AvgIpc) is 3.41. The van der Waals surface area contributed by atoms with Crippen molar-refractivity contribution in [3.63, 3.8) is 0 Å². The fourth-order valence-electron chi connectivity index (χ4n) is 3.52. The van der Waals surface area contributed by atoms with Gasteiger partial charge in [0.1, 0.15) is 5.69 Å². The molecule has 156 valence electrons. The Labute approximate surface area is 182 Å². The molecule has 5 aromatic heterocycles. The third-order valence-electron chi connectivity index (χ3n) is 5.07. The highest BCUT2D eigenvalue weighted by molar-refractivity contribution is 6.21. The minimum Gasteiger partial charge on any atom is -0.397 e. The summed E-state index contributed by atoms with van der Waals surface area (Å²) in [5, 5.41) is 8.80. The van der Waals surface area contributed by atoms with Crippen molar-refractivity contribution in [2.24, 2.45) is 4.99 Å². The fraction of sp³-hybridized carbons (Fsp3) is 0.0435. The van der Waals surface area contributed by atoms with Crippen molar-refractivity contribution < 1.29 is 0 Å². The number of aliphatic imine (C=N–C) groups is 1. The number of fused-ring (bicyclic) bond motifs is 1. The summed E-state index contributed by atoms with van der Waals surface area (Å²) in [4.78, 5) is 25.2. The van der Waals surface area contributed by atoms with Crippen LogP contribution in [0, 0.1) is 0 Å². The van der Waals surface area contributed by atoms with Gasteiger partial charge < -0.3 is 10.7 Å². The number of anilines is 1. The lowest BCUT2D eigenvalue weighted by Crippen LogP contribution is -2.24. The molecule has 5 rings (SSSR count). The van der Waals surface area contributed by atoms with Gasteiger partial charge in [0.2, 0.25) is 0 Å². The van der Waals surface area contributed by atoms with Crippen molar-refractivity contribution in [3.8, 4) is 22.6 Å². The molecule has 5 aromatic rings. The maximum atomic E-state index is 5.89. The van der Waals surface area contributed by atoms with E-state index in [1.54, 1.807) is 44.2 Å². The summed E-state index contributed by atoms with van der Waals surface area (Å²) in [5.41, 5.74) is 12.1. The molecule has 0 spiro atoms. The van der Waals surface area contributed by atoms with Crippen LogP contribution in [-0.2, 0) is 0 Å². The Balaban J connectivity index is 1.66. The number of rotatable bonds is 4. The molecule has 0 aliphatic heterocycles. The Morgan fingerprint density at radius 2 is 1.91 bits per heavy atom. The third kappa shape index (κ3) is 3.41. The Morgan fingerprint density at radius 1 is 1.09 bits per heavy atom. The maximum absolute atomic E-state index is 5.89. The third-order valence-corrected chi connectivity index (χ3v) is 5.07. The first-order chi connectivity index (χ1) is 15.6. The average molecular weight is 421 g/mol. The number of hydrogen-bond donors (Lipinski definition) is 3. The number of nitrogens with one attached hydrogen (secondary N) is 2. The first kappa shape index (κ1) is 19.3. The van der Waals surface area contributed by atoms with Gasteiger partial charge in [0, 0.05) is 54.4 Å². The second-order valence-electron chi connectivity index (χ2n) is 7.13. The molecule has 0 fully saturated rings. The van der Waals surface area contributed by atoms with E-state index in [1.165, 1.54) is 0 Å². The van der Waals surface area contributed by atoms with Gasteiger partial charge in [0.05, 0.1) is 34.0 Å². The van der Waals surface area contributed by atoms with E-state index in [0.29, 0.717) is 28.3 Å². The second-order valence-corrected chi connectivity index (χ2v) is 7.13. The number of pyridine rings is 3. The monoisotopic (exact) mass is 421 g/mol. The Morgan fingerprint density at radius 3 is 2.69 bits per heavy atom. The van der Waals surface area contributed by atoms with E-state index in [1.807, 2.05) is 24.3 Å². The van der Waals surface area contributed by atoms with Crippen LogP contribution in [0.5, 0.6) is 0 Å². The highest BCUT2D eigenvalue weighted by atomic mass is 15.1. The lowest BCUT2D eigenvalue weighted by Gasteiger charge is -2.01. The van der Waals surface area contributed by atoms with Gasteiger partial charge in [-0.25, -0.2) is 4.98 Å². The largest absolute Gasteiger partial charge is 0.397 e. The SMILES string of the molecule is C=c1[nH]nc(-c2nc3c(-c4ccncc4)cncc3[nH]2)/c1=C/C(=N\C)c1cncc(N)c1. The van der Waals surface area contributed by atoms with Crippen LogP contribution in [0.3, 0.4) is 0 Å². The quantitative estimate of drug-likeness (QED) is 0.378. The molecule has 0 aliphatic rings. The molecule has 32 heavy (non-hydrogen) atoms. The topological polar surface area (TPSA) is 134 Å². The van der Waals surface area contributed by atoms with Crippen molar-refractivity contribution in [3.05, 3.63) is 71.5 Å². The summed E-state index contributed by atoms with van der Waals surface area (Å²) in [6.07, 6.45) is 12.2. The molecular weight excluding hydrogens is 402 g/mol. The molecule has 0 atom stereocenters. The van der Waals surface area contributed by atoms with Crippen LogP contribution in [-0.4, -0.2) is 47.9 Å². The number of imidazole rings is 1. The van der Waals surface area contributed by atoms with Gasteiger partial charge >= 0.3 is 0 Å². The van der Waals surface area contributed by atoms with Gasteiger partial charge in [0.25, 0.3) is 0 Å². The molecule has 9 nitrogen and oxygen atoms in total. The number of aromatic amines is 2. The van der Waals surface area contributed by atoms with E-state index in [0.717, 1.165) is 32.9 Å². The lowest BCUT2D eigenvalue weighted by molar-refractivity contribution is 1.06. The Bertz CT molecular complexity index is 1560. The van der Waals surface area contributed by atoms with Crippen molar-refractivity contribution >= 4 is 35.1 Å². The van der Waals surface area contributed by atoms with Crippen LogP contribution in [0.4, 0.5) is 5.69 Å². The molecule has 5 heterocycles. The molecule has 0 saturated carbocycles. The maximum Gasteiger partial charge on any atom is 0.159 e. The highest BCUT2D eigenvalue weighted by Crippen LogP contribution is 2.27.